The number of halogens is 5. The third-order valence-corrected chi connectivity index (χ3v) is 2.17. The molecule has 0 unspecified atom stereocenters. The fraction of sp³-hybridized carbons (Fsp3) is 0.125. The zero-order valence-electron chi connectivity index (χ0n) is 7.03. The summed E-state index contributed by atoms with van der Waals surface area (Å²) in [7, 11) is 0. The van der Waals surface area contributed by atoms with Crippen molar-refractivity contribution in [2.24, 2.45) is 0 Å². The van der Waals surface area contributed by atoms with Crippen LogP contribution in [0.25, 0.3) is 0 Å². The Morgan fingerprint density at radius 2 is 1.67 bits per heavy atom. The lowest BCUT2D eigenvalue weighted by molar-refractivity contribution is -0.137. The number of anilines is 1. The van der Waals surface area contributed by atoms with Crippen molar-refractivity contribution in [1.82, 2.24) is 0 Å². The lowest BCUT2D eigenvalue weighted by Crippen LogP contribution is -2.06. The Balaban J connectivity index is 3.25. The van der Waals surface area contributed by atoms with Gasteiger partial charge in [0.25, 0.3) is 0 Å². The van der Waals surface area contributed by atoms with Crippen molar-refractivity contribution >= 4 is 35.3 Å². The second-order valence-electron chi connectivity index (χ2n) is 2.57. The van der Waals surface area contributed by atoms with Crippen LogP contribution in [0.1, 0.15) is 5.56 Å². The second kappa shape index (κ2) is 4.28. The summed E-state index contributed by atoms with van der Waals surface area (Å²) in [5.41, 5.74) is -1.00. The molecular weight excluding hydrogens is 254 g/mol. The van der Waals surface area contributed by atoms with Gasteiger partial charge in [-0.1, -0.05) is 23.2 Å². The highest BCUT2D eigenvalue weighted by Gasteiger charge is 2.31. The standard InChI is InChI=1S/C8H4Cl2F3NO/c9-5-1-4(8(11,12)13)2-6(10)7(5)14-3-15/h1-3H,(H,14,15). The minimum absolute atomic E-state index is 0.0404. The van der Waals surface area contributed by atoms with E-state index in [0.717, 1.165) is 0 Å². The summed E-state index contributed by atoms with van der Waals surface area (Å²) in [5, 5.41) is 1.59. The highest BCUT2D eigenvalue weighted by Crippen LogP contribution is 2.38. The molecule has 1 aromatic rings. The fourth-order valence-corrected chi connectivity index (χ4v) is 1.53. The first-order valence-electron chi connectivity index (χ1n) is 3.62. The zero-order valence-corrected chi connectivity index (χ0v) is 8.54. The molecule has 1 aromatic carbocycles. The molecule has 0 radical (unpaired) electrons. The number of hydrogen-bond donors (Lipinski definition) is 1. The quantitative estimate of drug-likeness (QED) is 0.807. The number of amides is 1. The van der Waals surface area contributed by atoms with Crippen molar-refractivity contribution in [3.05, 3.63) is 27.7 Å². The van der Waals surface area contributed by atoms with Crippen LogP contribution in [0.2, 0.25) is 10.0 Å². The largest absolute Gasteiger partial charge is 0.416 e. The minimum Gasteiger partial charge on any atom is -0.326 e. The van der Waals surface area contributed by atoms with Gasteiger partial charge in [0.1, 0.15) is 0 Å². The van der Waals surface area contributed by atoms with Gasteiger partial charge in [-0.2, -0.15) is 13.2 Å². The maximum Gasteiger partial charge on any atom is 0.416 e. The van der Waals surface area contributed by atoms with E-state index in [4.69, 9.17) is 23.2 Å². The van der Waals surface area contributed by atoms with E-state index in [1.54, 1.807) is 0 Å². The summed E-state index contributed by atoms with van der Waals surface area (Å²) in [6.45, 7) is 0. The van der Waals surface area contributed by atoms with E-state index < -0.39 is 11.7 Å². The third kappa shape index (κ3) is 2.76. The average molecular weight is 258 g/mol. The molecule has 0 aliphatic rings. The molecule has 0 heterocycles. The maximum absolute atomic E-state index is 12.3. The molecule has 0 atom stereocenters. The van der Waals surface area contributed by atoms with Crippen molar-refractivity contribution in [1.29, 1.82) is 0 Å². The van der Waals surface area contributed by atoms with E-state index in [9.17, 15) is 18.0 Å². The maximum atomic E-state index is 12.3. The molecule has 0 bridgehead atoms. The van der Waals surface area contributed by atoms with Gasteiger partial charge in [-0.15, -0.1) is 0 Å². The third-order valence-electron chi connectivity index (χ3n) is 1.57. The molecule has 1 N–H and O–H groups in total. The second-order valence-corrected chi connectivity index (χ2v) is 3.39. The molecule has 0 aliphatic carbocycles. The number of hydrogen-bond acceptors (Lipinski definition) is 1. The summed E-state index contributed by atoms with van der Waals surface area (Å²) < 4.78 is 36.8. The van der Waals surface area contributed by atoms with E-state index in [0.29, 0.717) is 12.1 Å². The van der Waals surface area contributed by atoms with Crippen LogP contribution >= 0.6 is 23.2 Å². The number of rotatable bonds is 2. The van der Waals surface area contributed by atoms with Crippen LogP contribution in [0, 0.1) is 0 Å². The first kappa shape index (κ1) is 12.1. The van der Waals surface area contributed by atoms with Gasteiger partial charge in [0.2, 0.25) is 6.41 Å². The van der Waals surface area contributed by atoms with Crippen LogP contribution in [0.3, 0.4) is 0 Å². The fourth-order valence-electron chi connectivity index (χ4n) is 0.934. The molecule has 7 heteroatoms. The zero-order chi connectivity index (χ0) is 11.6. The van der Waals surface area contributed by atoms with Crippen LogP contribution in [0.15, 0.2) is 12.1 Å². The lowest BCUT2D eigenvalue weighted by atomic mass is 10.2. The Kier molecular flexibility index (Phi) is 3.46. The SMILES string of the molecule is O=CNc1c(Cl)cc(C(F)(F)F)cc1Cl. The van der Waals surface area contributed by atoms with Gasteiger partial charge in [-0.25, -0.2) is 0 Å². The number of carbonyl (C=O) groups is 1. The number of nitrogens with one attached hydrogen (secondary N) is 1. The lowest BCUT2D eigenvalue weighted by Gasteiger charge is -2.11. The molecule has 82 valence electrons. The molecule has 2 nitrogen and oxygen atoms in total. The van der Waals surface area contributed by atoms with Crippen LogP contribution in [0.5, 0.6) is 0 Å². The van der Waals surface area contributed by atoms with Crippen molar-refractivity contribution in [2.45, 2.75) is 6.18 Å². The van der Waals surface area contributed by atoms with E-state index in [-0.39, 0.29) is 22.1 Å². The predicted octanol–water partition coefficient (Wildman–Crippen LogP) is 3.58. The van der Waals surface area contributed by atoms with Crippen molar-refractivity contribution < 1.29 is 18.0 Å². The molecule has 0 fully saturated rings. The van der Waals surface area contributed by atoms with Gasteiger partial charge < -0.3 is 5.32 Å². The van der Waals surface area contributed by atoms with Gasteiger partial charge in [-0.3, -0.25) is 4.79 Å². The molecule has 1 amide bonds. The van der Waals surface area contributed by atoms with Gasteiger partial charge in [0.15, 0.2) is 0 Å². The average Bonchev–Trinajstić information content (AvgIpc) is 2.09. The molecule has 0 saturated heterocycles. The first-order valence-corrected chi connectivity index (χ1v) is 4.38. The number of alkyl halides is 3. The Hall–Kier alpha value is -0.940. The highest BCUT2D eigenvalue weighted by atomic mass is 35.5. The van der Waals surface area contributed by atoms with Crippen molar-refractivity contribution in [3.63, 3.8) is 0 Å². The van der Waals surface area contributed by atoms with Crippen LogP contribution in [-0.2, 0) is 11.0 Å². The monoisotopic (exact) mass is 257 g/mol. The molecule has 15 heavy (non-hydrogen) atoms. The summed E-state index contributed by atoms with van der Waals surface area (Å²) in [6, 6.07) is 1.39. The minimum atomic E-state index is -4.52. The summed E-state index contributed by atoms with van der Waals surface area (Å²) in [5.74, 6) is 0. The Labute approximate surface area is 93.0 Å². The Morgan fingerprint density at radius 3 is 2.00 bits per heavy atom. The Bertz CT molecular complexity index is 369. The van der Waals surface area contributed by atoms with Crippen molar-refractivity contribution in [2.75, 3.05) is 5.32 Å². The van der Waals surface area contributed by atoms with Crippen LogP contribution in [0.4, 0.5) is 18.9 Å². The van der Waals surface area contributed by atoms with E-state index in [1.807, 2.05) is 0 Å². The van der Waals surface area contributed by atoms with Gasteiger partial charge in [0.05, 0.1) is 21.3 Å². The summed E-state index contributed by atoms with van der Waals surface area (Å²) in [4.78, 5) is 10.1. The summed E-state index contributed by atoms with van der Waals surface area (Å²) in [6.07, 6.45) is -4.24. The van der Waals surface area contributed by atoms with Crippen LogP contribution in [-0.4, -0.2) is 6.41 Å². The summed E-state index contributed by atoms with van der Waals surface area (Å²) >= 11 is 11.0. The van der Waals surface area contributed by atoms with E-state index in [1.165, 1.54) is 0 Å². The molecule has 0 aliphatic heterocycles. The molecule has 0 aromatic heterocycles. The smallest absolute Gasteiger partial charge is 0.326 e. The van der Waals surface area contributed by atoms with Gasteiger partial charge in [0, 0.05) is 0 Å². The Morgan fingerprint density at radius 1 is 1.20 bits per heavy atom. The number of benzene rings is 1. The first-order chi connectivity index (χ1) is 6.86. The molecule has 0 saturated carbocycles. The van der Waals surface area contributed by atoms with E-state index >= 15 is 0 Å². The van der Waals surface area contributed by atoms with Crippen LogP contribution < -0.4 is 5.32 Å². The molecular formula is C8H4Cl2F3NO. The normalized spacial score (nSPS) is 11.3. The molecule has 0 spiro atoms. The van der Waals surface area contributed by atoms with E-state index in [2.05, 4.69) is 5.32 Å². The van der Waals surface area contributed by atoms with Gasteiger partial charge in [-0.05, 0) is 12.1 Å². The number of carbonyl (C=O) groups excluding carboxylic acids is 1. The topological polar surface area (TPSA) is 29.1 Å². The highest BCUT2D eigenvalue weighted by molar-refractivity contribution is 6.39. The predicted molar refractivity (Wildman–Crippen MR) is 51.2 cm³/mol. The van der Waals surface area contributed by atoms with Gasteiger partial charge >= 0.3 is 6.18 Å². The van der Waals surface area contributed by atoms with Crippen molar-refractivity contribution in [3.8, 4) is 0 Å². The molecule has 1 rings (SSSR count).